The third kappa shape index (κ3) is 6.08. The molecule has 0 aromatic carbocycles. The molecule has 18 heavy (non-hydrogen) atoms. The number of nitrogens with zero attached hydrogens (tertiary/aromatic N) is 1. The molecule has 0 bridgehead atoms. The summed E-state index contributed by atoms with van der Waals surface area (Å²) in [7, 11) is 0. The molecule has 0 aliphatic heterocycles. The Hall–Kier alpha value is -1.78. The van der Waals surface area contributed by atoms with E-state index in [1.807, 2.05) is 13.8 Å². The topological polar surface area (TPSA) is 71.5 Å². The molecule has 0 saturated carbocycles. The van der Waals surface area contributed by atoms with E-state index in [1.165, 1.54) is 6.07 Å². The van der Waals surface area contributed by atoms with Crippen molar-refractivity contribution in [2.24, 2.45) is 0 Å². The van der Waals surface area contributed by atoms with Gasteiger partial charge >= 0.3 is 6.09 Å². The van der Waals surface area contributed by atoms with Gasteiger partial charge in [-0.05, 0) is 39.3 Å². The van der Waals surface area contributed by atoms with E-state index < -0.39 is 11.7 Å². The van der Waals surface area contributed by atoms with Crippen LogP contribution in [0.5, 0.6) is 5.75 Å². The first-order chi connectivity index (χ1) is 8.28. The summed E-state index contributed by atoms with van der Waals surface area (Å²) in [6.45, 7) is 11.1. The number of ether oxygens (including phenoxy) is 1. The number of hydrogen-bond acceptors (Lipinski definition) is 4. The van der Waals surface area contributed by atoms with Gasteiger partial charge in [0, 0.05) is 6.20 Å². The van der Waals surface area contributed by atoms with Gasteiger partial charge in [-0.25, -0.2) is 9.78 Å². The van der Waals surface area contributed by atoms with Gasteiger partial charge in [0.1, 0.15) is 5.60 Å². The van der Waals surface area contributed by atoms with Crippen LogP contribution in [0.2, 0.25) is 0 Å². The Kier molecular flexibility index (Phi) is 6.16. The third-order valence-corrected chi connectivity index (χ3v) is 1.62. The Balaban J connectivity index is 0.00000137. The molecule has 1 amide bonds. The molecule has 0 unspecified atom stereocenters. The van der Waals surface area contributed by atoms with Gasteiger partial charge in [0.05, 0.1) is 0 Å². The number of carbonyl (C=O) groups is 1. The lowest BCUT2D eigenvalue weighted by Gasteiger charge is -2.19. The van der Waals surface area contributed by atoms with Crippen molar-refractivity contribution in [3.8, 4) is 5.75 Å². The first kappa shape index (κ1) is 16.2. The molecule has 102 valence electrons. The molecule has 0 aliphatic rings. The van der Waals surface area contributed by atoms with E-state index in [0.29, 0.717) is 0 Å². The van der Waals surface area contributed by atoms with Crippen molar-refractivity contribution in [2.45, 2.75) is 47.1 Å². The fourth-order valence-corrected chi connectivity index (χ4v) is 1.05. The van der Waals surface area contributed by atoms with Crippen LogP contribution >= 0.6 is 0 Å². The largest absolute Gasteiger partial charge is 0.504 e. The number of pyridine rings is 1. The van der Waals surface area contributed by atoms with Crippen LogP contribution in [0.3, 0.4) is 0 Å². The van der Waals surface area contributed by atoms with Crippen LogP contribution in [-0.4, -0.2) is 21.8 Å². The lowest BCUT2D eigenvalue weighted by atomic mass is 10.2. The van der Waals surface area contributed by atoms with Crippen molar-refractivity contribution >= 4 is 11.9 Å². The van der Waals surface area contributed by atoms with Crippen LogP contribution in [0.15, 0.2) is 12.3 Å². The van der Waals surface area contributed by atoms with Gasteiger partial charge in [-0.1, -0.05) is 13.8 Å². The average molecular weight is 254 g/mol. The zero-order valence-corrected chi connectivity index (χ0v) is 11.9. The fraction of sp³-hybridized carbons (Fsp3) is 0.538. The predicted molar refractivity (Wildman–Crippen MR) is 71.8 cm³/mol. The number of nitrogens with one attached hydrogen (secondary N) is 1. The van der Waals surface area contributed by atoms with Gasteiger partial charge < -0.3 is 9.84 Å². The third-order valence-electron chi connectivity index (χ3n) is 1.62. The quantitative estimate of drug-likeness (QED) is 0.805. The SMILES string of the molecule is CC.Cc1cnc(NC(=O)OC(C)(C)C)c(O)c1. The predicted octanol–water partition coefficient (Wildman–Crippen LogP) is 3.47. The number of hydrogen-bond donors (Lipinski definition) is 2. The van der Waals surface area contributed by atoms with E-state index in [1.54, 1.807) is 33.9 Å². The highest BCUT2D eigenvalue weighted by Crippen LogP contribution is 2.21. The molecule has 0 spiro atoms. The average Bonchev–Trinajstić information content (AvgIpc) is 2.22. The second-order valence-corrected chi connectivity index (χ2v) is 4.51. The van der Waals surface area contributed by atoms with Gasteiger partial charge in [-0.2, -0.15) is 0 Å². The number of amides is 1. The molecule has 5 nitrogen and oxygen atoms in total. The molecule has 2 N–H and O–H groups in total. The molecule has 5 heteroatoms. The van der Waals surface area contributed by atoms with Crippen LogP contribution in [0.25, 0.3) is 0 Å². The van der Waals surface area contributed by atoms with Crippen molar-refractivity contribution < 1.29 is 14.6 Å². The molecule has 0 fully saturated rings. The number of anilines is 1. The monoisotopic (exact) mass is 254 g/mol. The number of carbonyl (C=O) groups excluding carboxylic acids is 1. The number of aromatic nitrogens is 1. The van der Waals surface area contributed by atoms with Crippen LogP contribution in [0.4, 0.5) is 10.6 Å². The standard InChI is InChI=1S/C11H16N2O3.C2H6/c1-7-5-8(14)9(12-6-7)13-10(15)16-11(2,3)4;1-2/h5-6,14H,1-4H3,(H,12,13,15);1-2H3. The van der Waals surface area contributed by atoms with E-state index in [2.05, 4.69) is 10.3 Å². The molecule has 1 heterocycles. The van der Waals surface area contributed by atoms with E-state index in [-0.39, 0.29) is 11.6 Å². The summed E-state index contributed by atoms with van der Waals surface area (Å²) >= 11 is 0. The first-order valence-electron chi connectivity index (χ1n) is 5.93. The zero-order valence-electron chi connectivity index (χ0n) is 11.9. The summed E-state index contributed by atoms with van der Waals surface area (Å²) in [5.41, 5.74) is 0.233. The van der Waals surface area contributed by atoms with Gasteiger partial charge in [0.2, 0.25) is 0 Å². The lowest BCUT2D eigenvalue weighted by Crippen LogP contribution is -2.27. The molecular weight excluding hydrogens is 232 g/mol. The first-order valence-corrected chi connectivity index (χ1v) is 5.93. The van der Waals surface area contributed by atoms with Gasteiger partial charge in [-0.3, -0.25) is 5.32 Å². The molecule has 0 radical (unpaired) electrons. The highest BCUT2D eigenvalue weighted by Gasteiger charge is 2.17. The van der Waals surface area contributed by atoms with Crippen molar-refractivity contribution in [1.82, 2.24) is 4.98 Å². The normalized spacial score (nSPS) is 10.1. The maximum atomic E-state index is 11.4. The number of aromatic hydroxyl groups is 1. The molecule has 0 aliphatic carbocycles. The molecule has 1 aromatic heterocycles. The Morgan fingerprint density at radius 2 is 1.94 bits per heavy atom. The minimum Gasteiger partial charge on any atom is -0.504 e. The summed E-state index contributed by atoms with van der Waals surface area (Å²) in [6, 6.07) is 1.51. The Morgan fingerprint density at radius 1 is 1.39 bits per heavy atom. The highest BCUT2D eigenvalue weighted by atomic mass is 16.6. The summed E-state index contributed by atoms with van der Waals surface area (Å²) in [5, 5.41) is 11.9. The zero-order chi connectivity index (χ0) is 14.3. The molecule has 0 saturated heterocycles. The number of aryl methyl sites for hydroxylation is 1. The molecule has 0 atom stereocenters. The molecule has 1 rings (SSSR count). The summed E-state index contributed by atoms with van der Waals surface area (Å²) in [5.74, 6) is 0.0192. The smallest absolute Gasteiger partial charge is 0.413 e. The second-order valence-electron chi connectivity index (χ2n) is 4.51. The van der Waals surface area contributed by atoms with Crippen LogP contribution in [0, 0.1) is 6.92 Å². The highest BCUT2D eigenvalue weighted by molar-refractivity contribution is 5.85. The maximum Gasteiger partial charge on any atom is 0.413 e. The second kappa shape index (κ2) is 6.83. The van der Waals surface area contributed by atoms with Crippen molar-refractivity contribution in [3.63, 3.8) is 0 Å². The van der Waals surface area contributed by atoms with Gasteiger partial charge in [0.15, 0.2) is 11.6 Å². The summed E-state index contributed by atoms with van der Waals surface area (Å²) in [6.07, 6.45) is 0.908. The minimum atomic E-state index is -0.640. The van der Waals surface area contributed by atoms with Crippen molar-refractivity contribution in [2.75, 3.05) is 5.32 Å². The fourth-order valence-electron chi connectivity index (χ4n) is 1.05. The Labute approximate surface area is 108 Å². The molecular formula is C13H22N2O3. The minimum absolute atomic E-state index is 0.0779. The van der Waals surface area contributed by atoms with E-state index >= 15 is 0 Å². The van der Waals surface area contributed by atoms with E-state index in [9.17, 15) is 9.90 Å². The lowest BCUT2D eigenvalue weighted by molar-refractivity contribution is 0.0634. The van der Waals surface area contributed by atoms with Crippen LogP contribution in [0.1, 0.15) is 40.2 Å². The van der Waals surface area contributed by atoms with Crippen LogP contribution in [-0.2, 0) is 4.74 Å². The van der Waals surface area contributed by atoms with Crippen LogP contribution < -0.4 is 5.32 Å². The maximum absolute atomic E-state index is 11.4. The van der Waals surface area contributed by atoms with Crippen molar-refractivity contribution in [1.29, 1.82) is 0 Å². The van der Waals surface area contributed by atoms with Gasteiger partial charge in [-0.15, -0.1) is 0 Å². The number of rotatable bonds is 1. The van der Waals surface area contributed by atoms with Gasteiger partial charge in [0.25, 0.3) is 0 Å². The Bertz CT molecular complexity index is 398. The summed E-state index contributed by atoms with van der Waals surface area (Å²) in [4.78, 5) is 15.3. The summed E-state index contributed by atoms with van der Waals surface area (Å²) < 4.78 is 5.03. The molecule has 1 aromatic rings. The Morgan fingerprint density at radius 3 is 2.39 bits per heavy atom. The van der Waals surface area contributed by atoms with E-state index in [4.69, 9.17) is 4.74 Å². The van der Waals surface area contributed by atoms with E-state index in [0.717, 1.165) is 5.56 Å². The van der Waals surface area contributed by atoms with Crippen molar-refractivity contribution in [3.05, 3.63) is 17.8 Å².